The van der Waals surface area contributed by atoms with Gasteiger partial charge in [0.25, 0.3) is 0 Å². The summed E-state index contributed by atoms with van der Waals surface area (Å²) in [7, 11) is 0. The van der Waals surface area contributed by atoms with E-state index in [9.17, 15) is 4.79 Å². The molecule has 0 spiro atoms. The summed E-state index contributed by atoms with van der Waals surface area (Å²) in [5, 5.41) is 0. The van der Waals surface area contributed by atoms with Crippen molar-refractivity contribution >= 4 is 5.78 Å². The van der Waals surface area contributed by atoms with Gasteiger partial charge in [-0.2, -0.15) is 0 Å². The average Bonchev–Trinajstić information content (AvgIpc) is 2.73. The van der Waals surface area contributed by atoms with E-state index in [0.717, 1.165) is 30.6 Å². The number of rotatable bonds is 10. The summed E-state index contributed by atoms with van der Waals surface area (Å²) in [5.41, 5.74) is 3.03. The minimum absolute atomic E-state index is 0.510. The zero-order valence-corrected chi connectivity index (χ0v) is 18.3. The van der Waals surface area contributed by atoms with Crippen LogP contribution in [0.25, 0.3) is 0 Å². The van der Waals surface area contributed by atoms with Crippen LogP contribution in [-0.2, 0) is 17.6 Å². The third-order valence-electron chi connectivity index (χ3n) is 7.57. The smallest absolute Gasteiger partial charge is 0.132 e. The van der Waals surface area contributed by atoms with Crippen LogP contribution in [0.5, 0.6) is 0 Å². The normalized spacial score (nSPS) is 23.8. The van der Waals surface area contributed by atoms with Crippen LogP contribution in [0.1, 0.15) is 108 Å². The molecule has 2 aliphatic rings. The Morgan fingerprint density at radius 3 is 1.82 bits per heavy atom. The van der Waals surface area contributed by atoms with E-state index in [2.05, 4.69) is 31.2 Å². The second-order valence-electron chi connectivity index (χ2n) is 9.68. The molecule has 0 atom stereocenters. The lowest BCUT2D eigenvalue weighted by Gasteiger charge is -2.35. The Morgan fingerprint density at radius 2 is 1.25 bits per heavy atom. The molecule has 28 heavy (non-hydrogen) atoms. The summed E-state index contributed by atoms with van der Waals surface area (Å²) >= 11 is 0. The highest BCUT2D eigenvalue weighted by Gasteiger charge is 2.29. The number of unbranched alkanes of at least 4 members (excludes halogenated alkanes) is 3. The molecule has 1 aromatic rings. The predicted molar refractivity (Wildman–Crippen MR) is 120 cm³/mol. The topological polar surface area (TPSA) is 17.1 Å². The Labute approximate surface area is 173 Å². The standard InChI is InChI=1S/C27H42O/c1-2-3-4-7-22-10-12-23(13-11-22)8-5-6-9-24-14-16-25(17-15-24)26-18-20-27(28)21-19-26/h10-13,24-26H,2-9,14-21H2,1H3. The molecule has 2 saturated carbocycles. The molecular formula is C27H42O. The lowest BCUT2D eigenvalue weighted by molar-refractivity contribution is -0.121. The van der Waals surface area contributed by atoms with E-state index in [0.29, 0.717) is 5.78 Å². The second-order valence-corrected chi connectivity index (χ2v) is 9.68. The molecule has 1 heteroatoms. The molecule has 2 aliphatic carbocycles. The number of carbonyl (C=O) groups is 1. The number of hydrogen-bond donors (Lipinski definition) is 0. The van der Waals surface area contributed by atoms with E-state index in [1.165, 1.54) is 101 Å². The summed E-state index contributed by atoms with van der Waals surface area (Å²) in [6.07, 6.45) is 20.5. The van der Waals surface area contributed by atoms with E-state index in [1.807, 2.05) is 0 Å². The second kappa shape index (κ2) is 11.8. The van der Waals surface area contributed by atoms with Crippen molar-refractivity contribution in [2.24, 2.45) is 17.8 Å². The molecule has 0 aromatic heterocycles. The number of hydrogen-bond acceptors (Lipinski definition) is 1. The highest BCUT2D eigenvalue weighted by atomic mass is 16.1. The van der Waals surface area contributed by atoms with Crippen molar-refractivity contribution in [2.45, 2.75) is 110 Å². The third-order valence-corrected chi connectivity index (χ3v) is 7.57. The molecule has 0 N–H and O–H groups in total. The quantitative estimate of drug-likeness (QED) is 0.379. The van der Waals surface area contributed by atoms with Gasteiger partial charge in [0.05, 0.1) is 0 Å². The van der Waals surface area contributed by atoms with Gasteiger partial charge in [-0.05, 0) is 80.2 Å². The van der Waals surface area contributed by atoms with Gasteiger partial charge in [-0.1, -0.05) is 69.7 Å². The molecule has 0 radical (unpaired) electrons. The third kappa shape index (κ3) is 7.05. The van der Waals surface area contributed by atoms with Gasteiger partial charge in [0.15, 0.2) is 0 Å². The van der Waals surface area contributed by atoms with Crippen LogP contribution < -0.4 is 0 Å². The molecule has 156 valence electrons. The Hall–Kier alpha value is -1.11. The summed E-state index contributed by atoms with van der Waals surface area (Å²) in [4.78, 5) is 11.5. The largest absolute Gasteiger partial charge is 0.300 e. The monoisotopic (exact) mass is 382 g/mol. The number of Topliss-reactive ketones (excluding diaryl/α,β-unsaturated/α-hetero) is 1. The highest BCUT2D eigenvalue weighted by Crippen LogP contribution is 2.40. The summed E-state index contributed by atoms with van der Waals surface area (Å²) in [6, 6.07) is 9.43. The van der Waals surface area contributed by atoms with Gasteiger partial charge in [-0.25, -0.2) is 0 Å². The molecule has 1 nitrogen and oxygen atoms in total. The minimum atomic E-state index is 0.510. The van der Waals surface area contributed by atoms with Crippen LogP contribution in [0.4, 0.5) is 0 Å². The molecule has 0 saturated heterocycles. The number of aryl methyl sites for hydroxylation is 2. The molecule has 2 fully saturated rings. The lowest BCUT2D eigenvalue weighted by atomic mass is 9.70. The van der Waals surface area contributed by atoms with Crippen LogP contribution in [0.3, 0.4) is 0 Å². The van der Waals surface area contributed by atoms with Gasteiger partial charge in [-0.15, -0.1) is 0 Å². The Kier molecular flexibility index (Phi) is 9.09. The summed E-state index contributed by atoms with van der Waals surface area (Å²) in [5.74, 6) is 3.28. The molecule has 3 rings (SSSR count). The number of carbonyl (C=O) groups excluding carboxylic acids is 1. The first-order valence-corrected chi connectivity index (χ1v) is 12.3. The van der Waals surface area contributed by atoms with Crippen molar-refractivity contribution in [2.75, 3.05) is 0 Å². The van der Waals surface area contributed by atoms with Crippen LogP contribution in [0.2, 0.25) is 0 Å². The lowest BCUT2D eigenvalue weighted by Crippen LogP contribution is -2.25. The summed E-state index contributed by atoms with van der Waals surface area (Å²) in [6.45, 7) is 2.27. The summed E-state index contributed by atoms with van der Waals surface area (Å²) < 4.78 is 0. The minimum Gasteiger partial charge on any atom is -0.300 e. The zero-order chi connectivity index (χ0) is 19.6. The predicted octanol–water partition coefficient (Wildman–Crippen LogP) is 7.70. The number of benzene rings is 1. The first-order chi connectivity index (χ1) is 13.7. The zero-order valence-electron chi connectivity index (χ0n) is 18.3. The van der Waals surface area contributed by atoms with Gasteiger partial charge in [0.2, 0.25) is 0 Å². The maximum atomic E-state index is 11.5. The van der Waals surface area contributed by atoms with Gasteiger partial charge >= 0.3 is 0 Å². The van der Waals surface area contributed by atoms with E-state index in [-0.39, 0.29) is 0 Å². The Balaban J connectivity index is 1.26. The van der Waals surface area contributed by atoms with Crippen LogP contribution >= 0.6 is 0 Å². The molecule has 0 aliphatic heterocycles. The Morgan fingerprint density at radius 1 is 0.714 bits per heavy atom. The fourth-order valence-corrected chi connectivity index (χ4v) is 5.60. The molecule has 0 unspecified atom stereocenters. The Bertz CT molecular complexity index is 554. The molecule has 1 aromatic carbocycles. The van der Waals surface area contributed by atoms with Gasteiger partial charge in [0.1, 0.15) is 5.78 Å². The SMILES string of the molecule is CCCCCc1ccc(CCCCC2CCC(C3CCC(=O)CC3)CC2)cc1. The molecular weight excluding hydrogens is 340 g/mol. The molecule has 0 bridgehead atoms. The maximum Gasteiger partial charge on any atom is 0.132 e. The first-order valence-electron chi connectivity index (χ1n) is 12.3. The van der Waals surface area contributed by atoms with Gasteiger partial charge < -0.3 is 0 Å². The van der Waals surface area contributed by atoms with E-state index in [4.69, 9.17) is 0 Å². The average molecular weight is 383 g/mol. The van der Waals surface area contributed by atoms with Crippen molar-refractivity contribution in [1.29, 1.82) is 0 Å². The van der Waals surface area contributed by atoms with Crippen molar-refractivity contribution in [1.82, 2.24) is 0 Å². The van der Waals surface area contributed by atoms with E-state index < -0.39 is 0 Å². The van der Waals surface area contributed by atoms with Crippen LogP contribution in [0, 0.1) is 17.8 Å². The first kappa shape index (κ1) is 21.6. The van der Waals surface area contributed by atoms with E-state index >= 15 is 0 Å². The van der Waals surface area contributed by atoms with Gasteiger partial charge in [0, 0.05) is 12.8 Å². The van der Waals surface area contributed by atoms with Crippen molar-refractivity contribution < 1.29 is 4.79 Å². The highest BCUT2D eigenvalue weighted by molar-refractivity contribution is 5.79. The molecule has 0 amide bonds. The van der Waals surface area contributed by atoms with Crippen LogP contribution in [-0.4, -0.2) is 5.78 Å². The fraction of sp³-hybridized carbons (Fsp3) is 0.741. The van der Waals surface area contributed by atoms with Crippen molar-refractivity contribution in [3.8, 4) is 0 Å². The van der Waals surface area contributed by atoms with Crippen molar-refractivity contribution in [3.63, 3.8) is 0 Å². The van der Waals surface area contributed by atoms with Crippen LogP contribution in [0.15, 0.2) is 24.3 Å². The maximum absolute atomic E-state index is 11.5. The van der Waals surface area contributed by atoms with Crippen molar-refractivity contribution in [3.05, 3.63) is 35.4 Å². The fourth-order valence-electron chi connectivity index (χ4n) is 5.60. The molecule has 0 heterocycles. The van der Waals surface area contributed by atoms with E-state index in [1.54, 1.807) is 0 Å². The number of ketones is 1. The van der Waals surface area contributed by atoms with Gasteiger partial charge in [-0.3, -0.25) is 4.79 Å².